The number of amides is 5. The third kappa shape index (κ3) is 12.6. The number of ether oxygens (including phenoxy) is 4. The van der Waals surface area contributed by atoms with Crippen molar-refractivity contribution in [1.82, 2.24) is 5.01 Å². The summed E-state index contributed by atoms with van der Waals surface area (Å²) in [6, 6.07) is 36.2. The van der Waals surface area contributed by atoms with Crippen molar-refractivity contribution in [2.45, 2.75) is 54.6 Å². The maximum atomic E-state index is 14.2. The van der Waals surface area contributed by atoms with Crippen molar-refractivity contribution in [2.75, 3.05) is 53.6 Å². The van der Waals surface area contributed by atoms with Gasteiger partial charge in [0.2, 0.25) is 12.0 Å². The van der Waals surface area contributed by atoms with Gasteiger partial charge in [-0.25, -0.2) is 4.79 Å². The van der Waals surface area contributed by atoms with Gasteiger partial charge in [0.05, 0.1) is 51.8 Å². The minimum Gasteiger partial charge on any atom is -0.506 e. The summed E-state index contributed by atoms with van der Waals surface area (Å²) in [4.78, 5) is 89.9. The first-order chi connectivity index (χ1) is 36.5. The second-order valence-electron chi connectivity index (χ2n) is 19.2. The molecule has 1 saturated heterocycles. The lowest BCUT2D eigenvalue weighted by Crippen LogP contribution is -2.50. The van der Waals surface area contributed by atoms with Crippen LogP contribution < -0.4 is 30.7 Å². The number of imide groups is 1. The number of carbonyl (C=O) groups excluding carboxylic acids is 7. The number of hydrogen-bond donors (Lipinski definition) is 3. The minimum absolute atomic E-state index is 0.0273. The fraction of sp³-hybridized carbons (Fsp3) is 0.263. The van der Waals surface area contributed by atoms with E-state index in [1.54, 1.807) is 103 Å². The first-order valence-corrected chi connectivity index (χ1v) is 24.6. The van der Waals surface area contributed by atoms with Gasteiger partial charge in [-0.3, -0.25) is 43.7 Å². The summed E-state index contributed by atoms with van der Waals surface area (Å²) in [5.41, 5.74) is 7.15. The predicted octanol–water partition coefficient (Wildman–Crippen LogP) is 9.10. The van der Waals surface area contributed by atoms with Crippen LogP contribution in [-0.4, -0.2) is 96.9 Å². The van der Waals surface area contributed by atoms with Gasteiger partial charge in [-0.2, -0.15) is 5.01 Å². The van der Waals surface area contributed by atoms with Crippen LogP contribution in [0.3, 0.4) is 0 Å². The number of phenols is 1. The third-order valence-corrected chi connectivity index (χ3v) is 12.9. The fourth-order valence-corrected chi connectivity index (χ4v) is 8.62. The second-order valence-corrected chi connectivity index (χ2v) is 19.6. The summed E-state index contributed by atoms with van der Waals surface area (Å²) in [5.74, 6) is -3.20. The maximum Gasteiger partial charge on any atom is 0.350 e. The number of para-hydroxylation sites is 2. The average molecular weight is 1070 g/mol. The Morgan fingerprint density at radius 2 is 1.32 bits per heavy atom. The molecule has 0 aliphatic carbocycles. The molecule has 0 bridgehead atoms. The maximum absolute atomic E-state index is 14.2. The molecule has 6 aromatic carbocycles. The summed E-state index contributed by atoms with van der Waals surface area (Å²) >= 11 is 6.18. The first-order valence-electron chi connectivity index (χ1n) is 24.2. The number of nitrogens with one attached hydrogen (secondary N) is 1. The highest BCUT2D eigenvalue weighted by Crippen LogP contribution is 2.42. The number of hydrazone groups is 1. The molecule has 2 aliphatic heterocycles. The minimum atomic E-state index is -1.47. The Balaban J connectivity index is 0.000000233. The largest absolute Gasteiger partial charge is 0.506 e. The van der Waals surface area contributed by atoms with Gasteiger partial charge in [0, 0.05) is 31.7 Å². The number of aryl methyl sites for hydroxylation is 2. The van der Waals surface area contributed by atoms with Crippen LogP contribution in [0, 0.1) is 24.7 Å². The van der Waals surface area contributed by atoms with Gasteiger partial charge in [0.15, 0.2) is 11.5 Å². The Morgan fingerprint density at radius 1 is 0.753 bits per heavy atom. The SMILES string of the molecule is CC(=O)OCC1(C)CN(c2ccccc2)N(C(=O)N(C)c2cc(C)ccc2Oc2cc(C(N)=O)c(O)c3ccccc23)C1=O.CC(=O)OCC1(C)CN(c2ccccc2)N=C1OC(C(C)=O)C(=O)Nc1cc(C)ccc1Cl. The number of hydrogen-bond acceptors (Lipinski definition) is 15. The molecule has 5 amide bonds. The van der Waals surface area contributed by atoms with Gasteiger partial charge in [0.25, 0.3) is 17.7 Å². The third-order valence-electron chi connectivity index (χ3n) is 12.6. The van der Waals surface area contributed by atoms with Crippen LogP contribution in [0.5, 0.6) is 17.2 Å². The lowest BCUT2D eigenvalue weighted by molar-refractivity contribution is -0.147. The van der Waals surface area contributed by atoms with Crippen molar-refractivity contribution in [3.05, 3.63) is 149 Å². The number of Topliss-reactive ketones (excluding diaryl/α,β-unsaturated/α-hetero) is 1. The Hall–Kier alpha value is -8.97. The molecule has 6 aromatic rings. The van der Waals surface area contributed by atoms with Crippen LogP contribution in [0.25, 0.3) is 10.8 Å². The van der Waals surface area contributed by atoms with E-state index in [0.717, 1.165) is 21.8 Å². The van der Waals surface area contributed by atoms with E-state index in [1.807, 2.05) is 56.3 Å². The van der Waals surface area contributed by atoms with Gasteiger partial charge in [-0.1, -0.05) is 84.4 Å². The Kier molecular flexibility index (Phi) is 16.9. The number of fused-ring (bicyclic) bond motifs is 1. The molecule has 0 spiro atoms. The van der Waals surface area contributed by atoms with Crippen molar-refractivity contribution in [3.8, 4) is 17.2 Å². The fourth-order valence-electron chi connectivity index (χ4n) is 8.45. The molecule has 0 saturated carbocycles. The number of benzene rings is 6. The van der Waals surface area contributed by atoms with Crippen molar-refractivity contribution in [2.24, 2.45) is 21.7 Å². The van der Waals surface area contributed by atoms with Gasteiger partial charge >= 0.3 is 18.0 Å². The van der Waals surface area contributed by atoms with E-state index in [9.17, 15) is 38.7 Å². The van der Waals surface area contributed by atoms with E-state index >= 15 is 0 Å². The Labute approximate surface area is 449 Å². The number of nitrogens with zero attached hydrogens (tertiary/aromatic N) is 5. The van der Waals surface area contributed by atoms with E-state index < -0.39 is 58.4 Å². The van der Waals surface area contributed by atoms with Crippen LogP contribution in [-0.2, 0) is 38.2 Å². The molecular weight excluding hydrogens is 1010 g/mol. The van der Waals surface area contributed by atoms with Crippen LogP contribution in [0.2, 0.25) is 5.02 Å². The van der Waals surface area contributed by atoms with Gasteiger partial charge < -0.3 is 35.1 Å². The molecule has 2 aliphatic rings. The molecule has 19 nitrogen and oxygen atoms in total. The summed E-state index contributed by atoms with van der Waals surface area (Å²) in [6.45, 7) is 11.2. The van der Waals surface area contributed by atoms with Crippen LogP contribution in [0.4, 0.5) is 27.5 Å². The molecule has 20 heteroatoms. The molecule has 2 heterocycles. The highest BCUT2D eigenvalue weighted by atomic mass is 35.5. The summed E-state index contributed by atoms with van der Waals surface area (Å²) in [6.07, 6.45) is -1.47. The van der Waals surface area contributed by atoms with E-state index in [4.69, 9.17) is 36.3 Å². The summed E-state index contributed by atoms with van der Waals surface area (Å²) in [5, 5.41) is 23.3. The lowest BCUT2D eigenvalue weighted by atomic mass is 9.92. The van der Waals surface area contributed by atoms with E-state index in [0.29, 0.717) is 39.4 Å². The van der Waals surface area contributed by atoms with Gasteiger partial charge in [-0.15, -0.1) is 5.10 Å². The normalized spacial score (nSPS) is 17.1. The topological polar surface area (TPSA) is 240 Å². The number of carbonyl (C=O) groups is 7. The van der Waals surface area contributed by atoms with Crippen LogP contribution in [0.1, 0.15) is 56.1 Å². The van der Waals surface area contributed by atoms with E-state index in [-0.39, 0.29) is 48.5 Å². The number of hydrazine groups is 1. The van der Waals surface area contributed by atoms with Crippen molar-refractivity contribution in [1.29, 1.82) is 0 Å². The number of nitrogens with two attached hydrogens (primary N) is 1. The summed E-state index contributed by atoms with van der Waals surface area (Å²) < 4.78 is 22.7. The molecule has 0 aromatic heterocycles. The van der Waals surface area contributed by atoms with E-state index in [1.165, 1.54) is 38.8 Å². The lowest BCUT2D eigenvalue weighted by Gasteiger charge is -2.32. The van der Waals surface area contributed by atoms with E-state index in [2.05, 4.69) is 10.4 Å². The molecule has 0 radical (unpaired) electrons. The molecule has 1 fully saturated rings. The predicted molar refractivity (Wildman–Crippen MR) is 291 cm³/mol. The highest BCUT2D eigenvalue weighted by molar-refractivity contribution is 6.34. The molecule has 77 heavy (non-hydrogen) atoms. The number of rotatable bonds is 14. The number of esters is 2. The first kappa shape index (κ1) is 55.8. The molecule has 3 atom stereocenters. The summed E-state index contributed by atoms with van der Waals surface area (Å²) in [7, 11) is 1.52. The number of ketones is 1. The van der Waals surface area contributed by atoms with Crippen LogP contribution >= 0.6 is 11.6 Å². The standard InChI is InChI=1S/C33H32N4O7.C24H26ClN3O5/c1-20-14-15-27(44-28-17-25(30(34)40)29(39)24-13-9-8-12-23(24)28)26(16-20)35(4)32(42)37-31(41)33(3,19-43-21(2)38)18-36(37)22-10-6-5-7-11-22;1-15-10-11-19(25)20(12-15)26-22(31)21(16(2)29)33-23-24(4,14-32-17(3)30)13-28(27-23)18-8-6-5-7-9-18/h5-17,39H,18-19H2,1-4H3,(H2,34,40);5-12,21H,13-14H2,1-4H3,(H,26,31). The molecule has 3 unspecified atom stereocenters. The molecule has 8 rings (SSSR count). The number of primary amides is 1. The zero-order valence-electron chi connectivity index (χ0n) is 43.7. The highest BCUT2D eigenvalue weighted by Gasteiger charge is 2.52. The number of urea groups is 1. The zero-order chi connectivity index (χ0) is 55.9. The molecule has 400 valence electrons. The van der Waals surface area contributed by atoms with Crippen molar-refractivity contribution >= 4 is 92.5 Å². The van der Waals surface area contributed by atoms with Gasteiger partial charge in [-0.05, 0) is 100 Å². The van der Waals surface area contributed by atoms with Crippen LogP contribution in [0.15, 0.2) is 132 Å². The zero-order valence-corrected chi connectivity index (χ0v) is 44.4. The van der Waals surface area contributed by atoms with Gasteiger partial charge in [0.1, 0.15) is 30.1 Å². The smallest absolute Gasteiger partial charge is 0.350 e. The van der Waals surface area contributed by atoms with Crippen molar-refractivity contribution in [3.63, 3.8) is 0 Å². The molecule has 4 N–H and O–H groups in total. The molecular formula is C57H58ClN7O12. The number of anilines is 4. The Morgan fingerprint density at radius 3 is 1.94 bits per heavy atom. The quantitative estimate of drug-likeness (QED) is 0.0681. The number of halogens is 1. The number of aromatic hydroxyl groups is 1. The van der Waals surface area contributed by atoms with Crippen molar-refractivity contribution < 1.29 is 57.6 Å². The monoisotopic (exact) mass is 1070 g/mol. The average Bonchev–Trinajstić information content (AvgIpc) is 3.88. The second kappa shape index (κ2) is 23.3. The Bertz CT molecular complexity index is 3300.